The molecule has 0 saturated heterocycles. The van der Waals surface area contributed by atoms with Crippen LogP contribution in [0.25, 0.3) is 10.8 Å². The van der Waals surface area contributed by atoms with E-state index in [2.05, 4.69) is 0 Å². The number of hydrogen-bond acceptors (Lipinski definition) is 6. The zero-order valence-corrected chi connectivity index (χ0v) is 16.8. The van der Waals surface area contributed by atoms with Crippen LogP contribution in [0, 0.1) is 11.3 Å². The third-order valence-electron chi connectivity index (χ3n) is 7.18. The van der Waals surface area contributed by atoms with E-state index >= 15 is 0 Å². The van der Waals surface area contributed by atoms with Gasteiger partial charge in [-0.25, -0.2) is 0 Å². The van der Waals surface area contributed by atoms with Crippen LogP contribution in [0.4, 0.5) is 0 Å². The minimum absolute atomic E-state index is 0.125. The van der Waals surface area contributed by atoms with Crippen LogP contribution in [-0.4, -0.2) is 39.3 Å². The number of carbonyl (C=O) groups excluding carboxylic acids is 2. The molecule has 0 aromatic heterocycles. The predicted octanol–water partition coefficient (Wildman–Crippen LogP) is 2.98. The molecule has 2 aliphatic rings. The molecule has 6 nitrogen and oxygen atoms in total. The topological polar surface area (TPSA) is 104 Å². The van der Waals surface area contributed by atoms with E-state index in [4.69, 9.17) is 4.74 Å². The summed E-state index contributed by atoms with van der Waals surface area (Å²) in [7, 11) is 0. The molecule has 1 saturated carbocycles. The standard InChI is InChI=1S/C23H26O6/c1-12-8-18-17-6-4-14-9-15(25)5-7-16(14)21(17)19(26)10-22(18,3)23(12,28)20(27)11-29-13(2)24/h4-7,9,12,18-19,25-26,28H,8,10-11H2,1-3H3/t12-,18+,19+,22+,23+/m1/s1. The van der Waals surface area contributed by atoms with Crippen molar-refractivity contribution in [3.8, 4) is 5.75 Å². The van der Waals surface area contributed by atoms with Gasteiger partial charge < -0.3 is 20.1 Å². The maximum Gasteiger partial charge on any atom is 0.303 e. The van der Waals surface area contributed by atoms with Crippen molar-refractivity contribution in [2.45, 2.75) is 51.2 Å². The number of ketones is 1. The Labute approximate surface area is 169 Å². The molecule has 6 heteroatoms. The van der Waals surface area contributed by atoms with E-state index in [9.17, 15) is 24.9 Å². The van der Waals surface area contributed by atoms with Crippen LogP contribution in [0.2, 0.25) is 0 Å². The summed E-state index contributed by atoms with van der Waals surface area (Å²) >= 11 is 0. The Balaban J connectivity index is 1.83. The van der Waals surface area contributed by atoms with Crippen molar-refractivity contribution < 1.29 is 29.6 Å². The number of rotatable bonds is 3. The van der Waals surface area contributed by atoms with E-state index in [1.165, 1.54) is 6.92 Å². The Hall–Kier alpha value is -2.44. The number of Topliss-reactive ketones (excluding diaryl/α,β-unsaturated/α-hetero) is 1. The SMILES string of the molecule is CC(=O)OCC(=O)[C@@]1(O)[C@H](C)C[C@H]2c3ccc4cc(O)ccc4c3[C@@H](O)C[C@@]21C. The van der Waals surface area contributed by atoms with E-state index in [0.717, 1.165) is 21.9 Å². The van der Waals surface area contributed by atoms with Gasteiger partial charge in [-0.05, 0) is 58.7 Å². The Kier molecular flexibility index (Phi) is 4.48. The third kappa shape index (κ3) is 2.69. The van der Waals surface area contributed by atoms with Gasteiger partial charge in [0.05, 0.1) is 6.10 Å². The van der Waals surface area contributed by atoms with Crippen LogP contribution in [0.5, 0.6) is 5.75 Å². The van der Waals surface area contributed by atoms with E-state index in [0.29, 0.717) is 6.42 Å². The highest BCUT2D eigenvalue weighted by molar-refractivity contribution is 5.92. The third-order valence-corrected chi connectivity index (χ3v) is 7.18. The van der Waals surface area contributed by atoms with Crippen molar-refractivity contribution >= 4 is 22.5 Å². The van der Waals surface area contributed by atoms with Crippen LogP contribution in [-0.2, 0) is 14.3 Å². The summed E-state index contributed by atoms with van der Waals surface area (Å²) in [6.45, 7) is 4.43. The number of aliphatic hydroxyl groups is 2. The highest BCUT2D eigenvalue weighted by atomic mass is 16.5. The molecule has 0 bridgehead atoms. The summed E-state index contributed by atoms with van der Waals surface area (Å²) in [4.78, 5) is 24.1. The van der Waals surface area contributed by atoms with Crippen molar-refractivity contribution in [3.05, 3.63) is 41.5 Å². The highest BCUT2D eigenvalue weighted by Crippen LogP contribution is 2.65. The summed E-state index contributed by atoms with van der Waals surface area (Å²) in [6, 6.07) is 8.88. The maximum atomic E-state index is 13.0. The summed E-state index contributed by atoms with van der Waals surface area (Å²) in [6.07, 6.45) is -0.0581. The van der Waals surface area contributed by atoms with Gasteiger partial charge in [0.2, 0.25) is 5.78 Å². The number of fused-ring (bicyclic) bond motifs is 5. The molecular formula is C23H26O6. The Morgan fingerprint density at radius 3 is 2.66 bits per heavy atom. The summed E-state index contributed by atoms with van der Waals surface area (Å²) in [5.41, 5.74) is -0.863. The van der Waals surface area contributed by atoms with Crippen molar-refractivity contribution in [1.29, 1.82) is 0 Å². The minimum atomic E-state index is -1.70. The Bertz CT molecular complexity index is 1010. The fraction of sp³-hybridized carbons (Fsp3) is 0.478. The second-order valence-corrected chi connectivity index (χ2v) is 8.77. The Morgan fingerprint density at radius 1 is 1.24 bits per heavy atom. The number of ether oxygens (including phenoxy) is 1. The fourth-order valence-corrected chi connectivity index (χ4v) is 5.79. The first-order valence-electron chi connectivity index (χ1n) is 9.92. The number of esters is 1. The average molecular weight is 398 g/mol. The largest absolute Gasteiger partial charge is 0.508 e. The number of aromatic hydroxyl groups is 1. The predicted molar refractivity (Wildman–Crippen MR) is 106 cm³/mol. The van der Waals surface area contributed by atoms with Crippen molar-refractivity contribution in [1.82, 2.24) is 0 Å². The number of carbonyl (C=O) groups is 2. The second-order valence-electron chi connectivity index (χ2n) is 8.77. The zero-order chi connectivity index (χ0) is 21.1. The lowest BCUT2D eigenvalue weighted by Gasteiger charge is -2.48. The molecule has 154 valence electrons. The summed E-state index contributed by atoms with van der Waals surface area (Å²) in [5, 5.41) is 34.2. The van der Waals surface area contributed by atoms with Gasteiger partial charge in [-0.2, -0.15) is 0 Å². The monoisotopic (exact) mass is 398 g/mol. The first-order valence-corrected chi connectivity index (χ1v) is 9.92. The van der Waals surface area contributed by atoms with E-state index in [1.807, 2.05) is 26.0 Å². The first kappa shape index (κ1) is 19.9. The molecule has 1 fully saturated rings. The van der Waals surface area contributed by atoms with Gasteiger partial charge in [0.15, 0.2) is 6.61 Å². The normalized spacial score (nSPS) is 33.2. The second kappa shape index (κ2) is 6.54. The van der Waals surface area contributed by atoms with Crippen molar-refractivity contribution in [2.75, 3.05) is 6.61 Å². The van der Waals surface area contributed by atoms with E-state index in [-0.39, 0.29) is 24.0 Å². The van der Waals surface area contributed by atoms with Crippen LogP contribution < -0.4 is 0 Å². The number of phenols is 1. The van der Waals surface area contributed by atoms with Crippen molar-refractivity contribution in [2.24, 2.45) is 11.3 Å². The lowest BCUT2D eigenvalue weighted by Crippen LogP contribution is -2.56. The molecule has 0 radical (unpaired) electrons. The minimum Gasteiger partial charge on any atom is -0.508 e. The van der Waals surface area contributed by atoms with Gasteiger partial charge in [0, 0.05) is 12.3 Å². The molecule has 0 heterocycles. The zero-order valence-electron chi connectivity index (χ0n) is 16.8. The molecule has 0 unspecified atom stereocenters. The van der Waals surface area contributed by atoms with Gasteiger partial charge >= 0.3 is 5.97 Å². The molecule has 3 N–H and O–H groups in total. The molecule has 5 atom stereocenters. The molecule has 4 rings (SSSR count). The number of hydrogen-bond donors (Lipinski definition) is 3. The van der Waals surface area contributed by atoms with Gasteiger partial charge in [0.25, 0.3) is 0 Å². The number of benzene rings is 2. The van der Waals surface area contributed by atoms with Crippen LogP contribution in [0.15, 0.2) is 30.3 Å². The number of phenolic OH excluding ortho intramolecular Hbond substituents is 1. The Morgan fingerprint density at radius 2 is 1.97 bits per heavy atom. The molecule has 0 amide bonds. The van der Waals surface area contributed by atoms with Gasteiger partial charge in [-0.3, -0.25) is 9.59 Å². The fourth-order valence-electron chi connectivity index (χ4n) is 5.79. The molecule has 2 aliphatic carbocycles. The van der Waals surface area contributed by atoms with Crippen LogP contribution >= 0.6 is 0 Å². The van der Waals surface area contributed by atoms with Gasteiger partial charge in [0.1, 0.15) is 11.4 Å². The van der Waals surface area contributed by atoms with Crippen LogP contribution in [0.3, 0.4) is 0 Å². The first-order chi connectivity index (χ1) is 13.6. The summed E-state index contributed by atoms with van der Waals surface area (Å²) < 4.78 is 4.88. The summed E-state index contributed by atoms with van der Waals surface area (Å²) in [5.74, 6) is -1.41. The van der Waals surface area contributed by atoms with Gasteiger partial charge in [-0.1, -0.05) is 32.0 Å². The molecule has 29 heavy (non-hydrogen) atoms. The molecule has 2 aromatic rings. The molecule has 2 aromatic carbocycles. The molecular weight excluding hydrogens is 372 g/mol. The maximum absolute atomic E-state index is 13.0. The average Bonchev–Trinajstić information content (AvgIpc) is 2.86. The van der Waals surface area contributed by atoms with Gasteiger partial charge in [-0.15, -0.1) is 0 Å². The quantitative estimate of drug-likeness (QED) is 0.687. The van der Waals surface area contributed by atoms with E-state index < -0.39 is 35.5 Å². The van der Waals surface area contributed by atoms with Crippen LogP contribution in [0.1, 0.15) is 56.8 Å². The lowest BCUT2D eigenvalue weighted by molar-refractivity contribution is -0.168. The highest BCUT2D eigenvalue weighted by Gasteiger charge is 2.66. The molecule has 0 aliphatic heterocycles. The smallest absolute Gasteiger partial charge is 0.303 e. The van der Waals surface area contributed by atoms with E-state index in [1.54, 1.807) is 18.2 Å². The molecule has 0 spiro atoms. The lowest BCUT2D eigenvalue weighted by atomic mass is 9.59. The number of aliphatic hydroxyl groups excluding tert-OH is 1. The van der Waals surface area contributed by atoms with Crippen molar-refractivity contribution in [3.63, 3.8) is 0 Å².